The van der Waals surface area contributed by atoms with Gasteiger partial charge in [0.05, 0.1) is 0 Å². The Labute approximate surface area is 390 Å². The van der Waals surface area contributed by atoms with Crippen LogP contribution in [0.4, 0.5) is 34.1 Å². The van der Waals surface area contributed by atoms with Gasteiger partial charge in [0.15, 0.2) is 0 Å². The molecular formula is C60H44N2O5. The SMILES string of the molecule is c1ccc(Oc2ccc(N(c3ccc(Oc4ccccc4)cc3)c3ccc(Oc4ccc(N(c5ccc(Oc6ccccc6)cc5)c5ccc(Oc6ccccc6)cc5)cc4)cc3)cc2)cc1. The number of anilines is 6. The van der Waals surface area contributed by atoms with Crippen LogP contribution in [0.3, 0.4) is 0 Å². The Hall–Kier alpha value is -9.20. The predicted octanol–water partition coefficient (Wildman–Crippen LogP) is 17.6. The zero-order valence-electron chi connectivity index (χ0n) is 36.3. The van der Waals surface area contributed by atoms with Gasteiger partial charge in [0, 0.05) is 34.1 Å². The highest BCUT2D eigenvalue weighted by atomic mass is 16.5. The highest BCUT2D eigenvalue weighted by Gasteiger charge is 2.16. The summed E-state index contributed by atoms with van der Waals surface area (Å²) in [6.45, 7) is 0. The average Bonchev–Trinajstić information content (AvgIpc) is 3.38. The molecule has 0 spiro atoms. The maximum absolute atomic E-state index is 6.46. The lowest BCUT2D eigenvalue weighted by Gasteiger charge is -2.26. The van der Waals surface area contributed by atoms with Gasteiger partial charge in [-0.2, -0.15) is 0 Å². The lowest BCUT2D eigenvalue weighted by atomic mass is 10.1. The minimum absolute atomic E-state index is 0.703. The van der Waals surface area contributed by atoms with Crippen LogP contribution < -0.4 is 33.5 Å². The molecule has 0 aliphatic rings. The Balaban J connectivity index is 0.889. The zero-order chi connectivity index (χ0) is 45.0. The third-order valence-corrected chi connectivity index (χ3v) is 10.7. The molecule has 7 nitrogen and oxygen atoms in total. The fraction of sp³-hybridized carbons (Fsp3) is 0. The van der Waals surface area contributed by atoms with Crippen molar-refractivity contribution in [3.8, 4) is 57.5 Å². The normalized spacial score (nSPS) is 10.7. The van der Waals surface area contributed by atoms with Gasteiger partial charge in [-0.1, -0.05) is 72.8 Å². The van der Waals surface area contributed by atoms with Crippen LogP contribution in [0.1, 0.15) is 0 Å². The number of benzene rings is 10. The standard InChI is InChI=1S/C60H44N2O5/c1-5-13-51(14-6-1)63-55-33-21-45(22-34-55)61(46-23-35-56(36-24-46)64-52-15-7-2-8-16-52)49-29-41-59(42-30-49)67-60-43-31-50(32-44-60)62(47-25-37-57(38-26-47)65-53-17-9-3-10-18-53)48-27-39-58(40-28-48)66-54-19-11-4-12-20-54/h1-44H. The summed E-state index contributed by atoms with van der Waals surface area (Å²) in [4.78, 5) is 4.37. The molecule has 0 fully saturated rings. The summed E-state index contributed by atoms with van der Waals surface area (Å²) < 4.78 is 30.9. The van der Waals surface area contributed by atoms with E-state index in [4.69, 9.17) is 23.7 Å². The topological polar surface area (TPSA) is 52.6 Å². The van der Waals surface area contributed by atoms with Crippen LogP contribution >= 0.6 is 0 Å². The average molecular weight is 873 g/mol. The monoisotopic (exact) mass is 872 g/mol. The van der Waals surface area contributed by atoms with Gasteiger partial charge >= 0.3 is 0 Å². The Morgan fingerprint density at radius 1 is 0.149 bits per heavy atom. The lowest BCUT2D eigenvalue weighted by Crippen LogP contribution is -2.10. The van der Waals surface area contributed by atoms with Gasteiger partial charge in [-0.05, 0) is 194 Å². The van der Waals surface area contributed by atoms with E-state index in [2.05, 4.69) is 82.6 Å². The number of ether oxygens (including phenoxy) is 5. The fourth-order valence-corrected chi connectivity index (χ4v) is 7.51. The lowest BCUT2D eigenvalue weighted by molar-refractivity contribution is 0.482. The van der Waals surface area contributed by atoms with Gasteiger partial charge in [0.1, 0.15) is 57.5 Å². The first-order valence-electron chi connectivity index (χ1n) is 22.0. The van der Waals surface area contributed by atoms with Gasteiger partial charge in [0.25, 0.3) is 0 Å². The largest absolute Gasteiger partial charge is 0.457 e. The molecule has 0 atom stereocenters. The van der Waals surface area contributed by atoms with Gasteiger partial charge in [-0.25, -0.2) is 0 Å². The molecule has 0 amide bonds. The van der Waals surface area contributed by atoms with Crippen molar-refractivity contribution in [1.82, 2.24) is 0 Å². The van der Waals surface area contributed by atoms with E-state index < -0.39 is 0 Å². The fourth-order valence-electron chi connectivity index (χ4n) is 7.51. The molecule has 0 bridgehead atoms. The smallest absolute Gasteiger partial charge is 0.127 e. The van der Waals surface area contributed by atoms with Crippen LogP contribution in [0.5, 0.6) is 57.5 Å². The predicted molar refractivity (Wildman–Crippen MR) is 268 cm³/mol. The molecule has 67 heavy (non-hydrogen) atoms. The maximum atomic E-state index is 6.46. The molecular weight excluding hydrogens is 829 g/mol. The quantitative estimate of drug-likeness (QED) is 0.0958. The van der Waals surface area contributed by atoms with E-state index in [0.717, 1.165) is 80.1 Å². The molecule has 0 saturated carbocycles. The highest BCUT2D eigenvalue weighted by Crippen LogP contribution is 2.41. The number of rotatable bonds is 16. The third kappa shape index (κ3) is 10.6. The van der Waals surface area contributed by atoms with Crippen molar-refractivity contribution in [1.29, 1.82) is 0 Å². The van der Waals surface area contributed by atoms with E-state index in [1.54, 1.807) is 0 Å². The summed E-state index contributed by atoms with van der Waals surface area (Å²) >= 11 is 0. The minimum Gasteiger partial charge on any atom is -0.457 e. The molecule has 10 rings (SSSR count). The molecule has 7 heteroatoms. The number of hydrogen-bond acceptors (Lipinski definition) is 7. The third-order valence-electron chi connectivity index (χ3n) is 10.7. The highest BCUT2D eigenvalue weighted by molar-refractivity contribution is 5.79. The number of hydrogen-bond donors (Lipinski definition) is 0. The summed E-state index contributed by atoms with van der Waals surface area (Å²) in [5.41, 5.74) is 5.75. The summed E-state index contributed by atoms with van der Waals surface area (Å²) in [5, 5.41) is 0. The molecule has 10 aromatic rings. The second kappa shape index (κ2) is 20.1. The first-order valence-corrected chi connectivity index (χ1v) is 22.0. The Bertz CT molecular complexity index is 2700. The summed E-state index contributed by atoms with van der Waals surface area (Å²) in [6.07, 6.45) is 0. The number of nitrogens with zero attached hydrogens (tertiary/aromatic N) is 2. The van der Waals surface area contributed by atoms with E-state index in [1.165, 1.54) is 0 Å². The van der Waals surface area contributed by atoms with Crippen molar-refractivity contribution in [2.75, 3.05) is 9.80 Å². The van der Waals surface area contributed by atoms with Crippen LogP contribution in [0.15, 0.2) is 267 Å². The minimum atomic E-state index is 0.703. The van der Waals surface area contributed by atoms with Crippen LogP contribution in [-0.2, 0) is 0 Å². The van der Waals surface area contributed by atoms with Gasteiger partial charge in [0.2, 0.25) is 0 Å². The Morgan fingerprint density at radius 3 is 0.433 bits per heavy atom. The van der Waals surface area contributed by atoms with Crippen LogP contribution in [0.2, 0.25) is 0 Å². The molecule has 0 heterocycles. The Morgan fingerprint density at radius 2 is 0.284 bits per heavy atom. The van der Waals surface area contributed by atoms with Crippen molar-refractivity contribution in [3.05, 3.63) is 267 Å². The molecule has 324 valence electrons. The summed E-state index contributed by atoms with van der Waals surface area (Å²) in [7, 11) is 0. The van der Waals surface area contributed by atoms with E-state index in [9.17, 15) is 0 Å². The molecule has 0 radical (unpaired) electrons. The van der Waals surface area contributed by atoms with E-state index >= 15 is 0 Å². The second-order valence-corrected chi connectivity index (χ2v) is 15.4. The van der Waals surface area contributed by atoms with Crippen LogP contribution in [0.25, 0.3) is 0 Å². The second-order valence-electron chi connectivity index (χ2n) is 15.4. The first-order chi connectivity index (χ1) is 33.1. The van der Waals surface area contributed by atoms with Crippen LogP contribution in [-0.4, -0.2) is 0 Å². The van der Waals surface area contributed by atoms with Crippen molar-refractivity contribution in [2.45, 2.75) is 0 Å². The Kier molecular flexibility index (Phi) is 12.5. The van der Waals surface area contributed by atoms with E-state index in [-0.39, 0.29) is 0 Å². The molecule has 0 N–H and O–H groups in total. The molecule has 0 saturated heterocycles. The van der Waals surface area contributed by atoms with Gasteiger partial charge in [-0.3, -0.25) is 0 Å². The zero-order valence-corrected chi connectivity index (χ0v) is 36.3. The van der Waals surface area contributed by atoms with Crippen LogP contribution in [0, 0.1) is 0 Å². The summed E-state index contributed by atoms with van der Waals surface area (Å²) in [6, 6.07) is 87.6. The van der Waals surface area contributed by atoms with Crippen molar-refractivity contribution in [3.63, 3.8) is 0 Å². The molecule has 0 aliphatic carbocycles. The van der Waals surface area contributed by atoms with E-state index in [1.807, 2.05) is 194 Å². The molecule has 0 aliphatic heterocycles. The molecule has 0 aromatic heterocycles. The molecule has 10 aromatic carbocycles. The van der Waals surface area contributed by atoms with Gasteiger partial charge in [-0.15, -0.1) is 0 Å². The van der Waals surface area contributed by atoms with Gasteiger partial charge < -0.3 is 33.5 Å². The molecule has 0 unspecified atom stereocenters. The van der Waals surface area contributed by atoms with E-state index in [0.29, 0.717) is 11.5 Å². The van der Waals surface area contributed by atoms with Crippen molar-refractivity contribution < 1.29 is 23.7 Å². The first kappa shape index (κ1) is 41.8. The maximum Gasteiger partial charge on any atom is 0.127 e. The number of para-hydroxylation sites is 4. The summed E-state index contributed by atoms with van der Waals surface area (Å²) in [5.74, 6) is 7.52. The van der Waals surface area contributed by atoms with Crippen molar-refractivity contribution >= 4 is 34.1 Å². The van der Waals surface area contributed by atoms with Crippen molar-refractivity contribution in [2.24, 2.45) is 0 Å².